The molecule has 0 aliphatic heterocycles. The third-order valence-corrected chi connectivity index (χ3v) is 5.27. The normalized spacial score (nSPS) is 15.1. The number of Topliss-reactive ketones (excluding diaryl/α,β-unsaturated/α-hetero) is 1. The first-order valence-corrected chi connectivity index (χ1v) is 8.28. The van der Waals surface area contributed by atoms with Crippen molar-refractivity contribution in [3.05, 3.63) is 44.3 Å². The van der Waals surface area contributed by atoms with E-state index in [0.717, 1.165) is 11.4 Å². The van der Waals surface area contributed by atoms with Crippen molar-refractivity contribution < 1.29 is 4.79 Å². The second-order valence-electron chi connectivity index (χ2n) is 5.05. The summed E-state index contributed by atoms with van der Waals surface area (Å²) in [4.78, 5) is 18.1. The zero-order valence-electron chi connectivity index (χ0n) is 11.0. The lowest BCUT2D eigenvalue weighted by molar-refractivity contribution is 0.0924. The minimum atomic E-state index is 0.265. The highest BCUT2D eigenvalue weighted by molar-refractivity contribution is 7.14. The molecule has 3 rings (SSSR count). The molecule has 100 valence electrons. The smallest absolute Gasteiger partial charge is 0.186 e. The van der Waals surface area contributed by atoms with Crippen molar-refractivity contribution in [1.29, 1.82) is 0 Å². The van der Waals surface area contributed by atoms with Gasteiger partial charge in [0, 0.05) is 22.3 Å². The van der Waals surface area contributed by atoms with Crippen molar-refractivity contribution in [2.24, 2.45) is 0 Å². The van der Waals surface area contributed by atoms with Gasteiger partial charge in [0.05, 0.1) is 11.4 Å². The van der Waals surface area contributed by atoms with Crippen molar-refractivity contribution in [3.63, 3.8) is 0 Å². The Bertz CT molecular complexity index is 554. The van der Waals surface area contributed by atoms with Crippen LogP contribution in [0.25, 0.3) is 0 Å². The number of rotatable bonds is 6. The summed E-state index contributed by atoms with van der Waals surface area (Å²) in [5, 5.41) is 2.10. The molecule has 2 aromatic rings. The third kappa shape index (κ3) is 3.32. The van der Waals surface area contributed by atoms with Gasteiger partial charge in [-0.15, -0.1) is 22.7 Å². The van der Waals surface area contributed by atoms with E-state index in [2.05, 4.69) is 22.4 Å². The Balaban J connectivity index is 1.66. The van der Waals surface area contributed by atoms with Gasteiger partial charge in [-0.05, 0) is 43.3 Å². The molecule has 2 nitrogen and oxygen atoms in total. The Labute approximate surface area is 121 Å². The van der Waals surface area contributed by atoms with Crippen LogP contribution in [0.3, 0.4) is 0 Å². The van der Waals surface area contributed by atoms with Gasteiger partial charge in [0.25, 0.3) is 0 Å². The second-order valence-corrected chi connectivity index (χ2v) is 7.37. The molecular weight excluding hydrogens is 274 g/mol. The average molecular weight is 291 g/mol. The van der Waals surface area contributed by atoms with Gasteiger partial charge >= 0.3 is 0 Å². The van der Waals surface area contributed by atoms with Crippen LogP contribution in [-0.2, 0) is 6.54 Å². The first-order valence-electron chi connectivity index (χ1n) is 6.58. The summed E-state index contributed by atoms with van der Waals surface area (Å²) in [6, 6.07) is 8.83. The predicted molar refractivity (Wildman–Crippen MR) is 81.1 cm³/mol. The number of ketones is 1. The van der Waals surface area contributed by atoms with E-state index in [1.54, 1.807) is 22.7 Å². The largest absolute Gasteiger partial charge is 0.292 e. The Hall–Kier alpha value is -0.970. The molecule has 0 aromatic carbocycles. The fourth-order valence-electron chi connectivity index (χ4n) is 2.20. The van der Waals surface area contributed by atoms with Crippen LogP contribution in [0, 0.1) is 6.92 Å². The Morgan fingerprint density at radius 1 is 1.37 bits per heavy atom. The van der Waals surface area contributed by atoms with E-state index in [1.807, 2.05) is 19.1 Å². The molecule has 1 fully saturated rings. The number of hydrogen-bond donors (Lipinski definition) is 0. The summed E-state index contributed by atoms with van der Waals surface area (Å²) < 4.78 is 0. The number of aryl methyl sites for hydroxylation is 1. The fourth-order valence-corrected chi connectivity index (χ4v) is 3.73. The monoisotopic (exact) mass is 291 g/mol. The molecule has 0 unspecified atom stereocenters. The zero-order valence-corrected chi connectivity index (χ0v) is 12.6. The third-order valence-electron chi connectivity index (χ3n) is 3.36. The molecular formula is C15H17NOS2. The highest BCUT2D eigenvalue weighted by Gasteiger charge is 2.30. The molecule has 1 aliphatic rings. The van der Waals surface area contributed by atoms with Crippen LogP contribution >= 0.6 is 22.7 Å². The zero-order chi connectivity index (χ0) is 13.2. The molecule has 1 saturated carbocycles. The lowest BCUT2D eigenvalue weighted by atomic mass is 10.2. The highest BCUT2D eigenvalue weighted by atomic mass is 32.1. The minimum Gasteiger partial charge on any atom is -0.292 e. The molecule has 0 bridgehead atoms. The van der Waals surface area contributed by atoms with Gasteiger partial charge in [0.15, 0.2) is 5.78 Å². The van der Waals surface area contributed by atoms with E-state index < -0.39 is 0 Å². The molecule has 19 heavy (non-hydrogen) atoms. The highest BCUT2D eigenvalue weighted by Crippen LogP contribution is 2.29. The number of thiophene rings is 2. The maximum atomic E-state index is 12.3. The lowest BCUT2D eigenvalue weighted by Crippen LogP contribution is -2.30. The van der Waals surface area contributed by atoms with Crippen molar-refractivity contribution in [2.45, 2.75) is 32.4 Å². The van der Waals surface area contributed by atoms with Gasteiger partial charge in [0.2, 0.25) is 0 Å². The van der Waals surface area contributed by atoms with Crippen molar-refractivity contribution in [1.82, 2.24) is 4.90 Å². The first kappa shape index (κ1) is 13.0. The van der Waals surface area contributed by atoms with Crippen LogP contribution < -0.4 is 0 Å². The molecule has 0 atom stereocenters. The average Bonchev–Trinajstić information content (AvgIpc) is 2.94. The van der Waals surface area contributed by atoms with Crippen molar-refractivity contribution >= 4 is 28.5 Å². The molecule has 0 spiro atoms. The van der Waals surface area contributed by atoms with Gasteiger partial charge < -0.3 is 0 Å². The number of nitrogens with zero attached hydrogens (tertiary/aromatic N) is 1. The molecule has 2 heterocycles. The SMILES string of the molecule is Cc1ccc(C(=O)CN(Cc2cccs2)C2CC2)s1. The number of carbonyl (C=O) groups excluding carboxylic acids is 1. The Kier molecular flexibility index (Phi) is 3.82. The van der Waals surface area contributed by atoms with E-state index in [0.29, 0.717) is 12.6 Å². The summed E-state index contributed by atoms with van der Waals surface area (Å²) in [5.74, 6) is 0.265. The van der Waals surface area contributed by atoms with E-state index in [4.69, 9.17) is 0 Å². The second kappa shape index (κ2) is 5.57. The summed E-state index contributed by atoms with van der Waals surface area (Å²) in [6.45, 7) is 3.52. The van der Waals surface area contributed by atoms with Crippen molar-refractivity contribution in [2.75, 3.05) is 6.54 Å². The van der Waals surface area contributed by atoms with Gasteiger partial charge in [-0.2, -0.15) is 0 Å². The molecule has 2 aromatic heterocycles. The van der Waals surface area contributed by atoms with Crippen LogP contribution in [-0.4, -0.2) is 23.3 Å². The molecule has 1 aliphatic carbocycles. The molecule has 0 saturated heterocycles. The lowest BCUT2D eigenvalue weighted by Gasteiger charge is -2.19. The number of hydrogen-bond acceptors (Lipinski definition) is 4. The molecule has 4 heteroatoms. The van der Waals surface area contributed by atoms with Gasteiger partial charge in [-0.3, -0.25) is 9.69 Å². The molecule has 0 amide bonds. The summed E-state index contributed by atoms with van der Waals surface area (Å²) in [5.41, 5.74) is 0. The van der Waals surface area contributed by atoms with E-state index >= 15 is 0 Å². The van der Waals surface area contributed by atoms with Crippen molar-refractivity contribution in [3.8, 4) is 0 Å². The summed E-state index contributed by atoms with van der Waals surface area (Å²) >= 11 is 3.38. The van der Waals surface area contributed by atoms with E-state index in [1.165, 1.54) is 22.6 Å². The maximum absolute atomic E-state index is 12.3. The topological polar surface area (TPSA) is 20.3 Å². The van der Waals surface area contributed by atoms with Crippen LogP contribution in [0.4, 0.5) is 0 Å². The Morgan fingerprint density at radius 2 is 2.21 bits per heavy atom. The van der Waals surface area contributed by atoms with Gasteiger partial charge in [0.1, 0.15) is 0 Å². The van der Waals surface area contributed by atoms with Crippen LogP contribution in [0.5, 0.6) is 0 Å². The molecule has 0 N–H and O–H groups in total. The maximum Gasteiger partial charge on any atom is 0.186 e. The van der Waals surface area contributed by atoms with Crippen LogP contribution in [0.1, 0.15) is 32.3 Å². The summed E-state index contributed by atoms with van der Waals surface area (Å²) in [7, 11) is 0. The van der Waals surface area contributed by atoms with Gasteiger partial charge in [-0.25, -0.2) is 0 Å². The Morgan fingerprint density at radius 3 is 2.79 bits per heavy atom. The predicted octanol–water partition coefficient (Wildman–Crippen LogP) is 3.97. The molecule has 0 radical (unpaired) electrons. The minimum absolute atomic E-state index is 0.265. The quantitative estimate of drug-likeness (QED) is 0.751. The number of carbonyl (C=O) groups is 1. The fraction of sp³-hybridized carbons (Fsp3) is 0.400. The first-order chi connectivity index (χ1) is 9.22. The standard InChI is InChI=1S/C15H17NOS2/c1-11-4-7-15(19-11)14(17)10-16(12-5-6-12)9-13-3-2-8-18-13/h2-4,7-8,12H,5-6,9-10H2,1H3. The van der Waals surface area contributed by atoms with E-state index in [-0.39, 0.29) is 5.78 Å². The van der Waals surface area contributed by atoms with Crippen LogP contribution in [0.2, 0.25) is 0 Å². The summed E-state index contributed by atoms with van der Waals surface area (Å²) in [6.07, 6.45) is 2.48. The van der Waals surface area contributed by atoms with E-state index in [9.17, 15) is 4.79 Å². The van der Waals surface area contributed by atoms with Gasteiger partial charge in [-0.1, -0.05) is 6.07 Å². The van der Waals surface area contributed by atoms with Crippen LogP contribution in [0.15, 0.2) is 29.6 Å².